The summed E-state index contributed by atoms with van der Waals surface area (Å²) in [6, 6.07) is 13.8. The number of hydrogen-bond donors (Lipinski definition) is 2. The van der Waals surface area contributed by atoms with Gasteiger partial charge in [-0.2, -0.15) is 0 Å². The van der Waals surface area contributed by atoms with Crippen LogP contribution in [0.4, 0.5) is 0 Å². The molecule has 1 amide bonds. The summed E-state index contributed by atoms with van der Waals surface area (Å²) in [6.45, 7) is 6.41. The molecule has 0 aliphatic carbocycles. The van der Waals surface area contributed by atoms with E-state index < -0.39 is 20.3 Å². The number of H-pyrrole nitrogens is 1. The zero-order chi connectivity index (χ0) is 24.9. The monoisotopic (exact) mass is 501 g/mol. The number of thioether (sulfide) groups is 1. The SMILES string of the molecule is COc1cccc(CNC(=O)CSc2ncc(S(=O)(=O)c3ccc(C(C)(C)C)cc3)c(=O)[nH]2)c1. The highest BCUT2D eigenvalue weighted by Crippen LogP contribution is 2.25. The summed E-state index contributed by atoms with van der Waals surface area (Å²) in [7, 11) is -2.46. The van der Waals surface area contributed by atoms with Crippen LogP contribution >= 0.6 is 11.8 Å². The second-order valence-corrected chi connectivity index (χ2v) is 11.5. The van der Waals surface area contributed by atoms with Crippen LogP contribution in [0.1, 0.15) is 31.9 Å². The summed E-state index contributed by atoms with van der Waals surface area (Å²) >= 11 is 1.01. The summed E-state index contributed by atoms with van der Waals surface area (Å²) in [6.07, 6.45) is 1.03. The predicted octanol–water partition coefficient (Wildman–Crippen LogP) is 3.32. The van der Waals surface area contributed by atoms with Gasteiger partial charge >= 0.3 is 0 Å². The number of nitrogens with one attached hydrogen (secondary N) is 2. The van der Waals surface area contributed by atoms with Crippen LogP contribution in [-0.2, 0) is 26.6 Å². The molecule has 1 heterocycles. The lowest BCUT2D eigenvalue weighted by Gasteiger charge is -2.19. The third kappa shape index (κ3) is 6.27. The molecular weight excluding hydrogens is 474 g/mol. The van der Waals surface area contributed by atoms with E-state index in [1.54, 1.807) is 19.2 Å². The molecule has 0 bridgehead atoms. The number of ether oxygens (including phenoxy) is 1. The molecule has 0 aliphatic rings. The number of benzene rings is 2. The predicted molar refractivity (Wildman–Crippen MR) is 131 cm³/mol. The van der Waals surface area contributed by atoms with E-state index in [0.717, 1.165) is 29.1 Å². The van der Waals surface area contributed by atoms with Gasteiger partial charge in [0.25, 0.3) is 5.56 Å². The number of rotatable bonds is 8. The quantitative estimate of drug-likeness (QED) is 0.359. The highest BCUT2D eigenvalue weighted by molar-refractivity contribution is 7.99. The number of nitrogens with zero attached hydrogens (tertiary/aromatic N) is 1. The van der Waals surface area contributed by atoms with Gasteiger partial charge in [-0.25, -0.2) is 13.4 Å². The lowest BCUT2D eigenvalue weighted by molar-refractivity contribution is -0.118. The fraction of sp³-hybridized carbons (Fsp3) is 0.292. The number of amides is 1. The molecule has 2 N–H and O–H groups in total. The van der Waals surface area contributed by atoms with Gasteiger partial charge in [-0.3, -0.25) is 9.59 Å². The lowest BCUT2D eigenvalue weighted by atomic mass is 9.87. The Balaban J connectivity index is 1.64. The van der Waals surface area contributed by atoms with E-state index in [-0.39, 0.29) is 27.1 Å². The molecule has 10 heteroatoms. The number of aromatic amines is 1. The van der Waals surface area contributed by atoms with Crippen LogP contribution in [-0.4, -0.2) is 37.2 Å². The molecule has 3 rings (SSSR count). The molecule has 0 saturated heterocycles. The molecular formula is C24H27N3O5S2. The van der Waals surface area contributed by atoms with E-state index in [1.807, 2.05) is 45.0 Å². The molecule has 180 valence electrons. The number of carbonyl (C=O) groups is 1. The van der Waals surface area contributed by atoms with Crippen molar-refractivity contribution in [1.82, 2.24) is 15.3 Å². The summed E-state index contributed by atoms with van der Waals surface area (Å²) in [5.74, 6) is 0.446. The van der Waals surface area contributed by atoms with E-state index in [9.17, 15) is 18.0 Å². The van der Waals surface area contributed by atoms with E-state index in [0.29, 0.717) is 12.3 Å². The maximum Gasteiger partial charge on any atom is 0.270 e. The van der Waals surface area contributed by atoms with Crippen LogP contribution < -0.4 is 15.6 Å². The van der Waals surface area contributed by atoms with Crippen molar-refractivity contribution in [2.24, 2.45) is 0 Å². The van der Waals surface area contributed by atoms with E-state index in [4.69, 9.17) is 4.74 Å². The normalized spacial score (nSPS) is 11.8. The first-order valence-electron chi connectivity index (χ1n) is 10.5. The van der Waals surface area contributed by atoms with Crippen molar-refractivity contribution in [3.8, 4) is 5.75 Å². The van der Waals surface area contributed by atoms with Crippen LogP contribution in [0.3, 0.4) is 0 Å². The topological polar surface area (TPSA) is 118 Å². The van der Waals surface area contributed by atoms with Gasteiger partial charge < -0.3 is 15.0 Å². The maximum absolute atomic E-state index is 12.9. The Morgan fingerprint density at radius 2 is 1.85 bits per heavy atom. The Morgan fingerprint density at radius 1 is 1.15 bits per heavy atom. The van der Waals surface area contributed by atoms with Gasteiger partial charge in [-0.05, 0) is 40.8 Å². The molecule has 0 spiro atoms. The maximum atomic E-state index is 12.9. The van der Waals surface area contributed by atoms with Crippen LogP contribution in [0.15, 0.2) is 74.5 Å². The van der Waals surface area contributed by atoms with Crippen molar-refractivity contribution in [3.05, 3.63) is 76.2 Å². The Bertz CT molecular complexity index is 1330. The molecule has 0 aliphatic heterocycles. The van der Waals surface area contributed by atoms with Gasteiger partial charge in [-0.1, -0.05) is 56.8 Å². The Kier molecular flexibility index (Phi) is 7.83. The number of carbonyl (C=O) groups excluding carboxylic acids is 1. The number of hydrogen-bond acceptors (Lipinski definition) is 7. The summed E-state index contributed by atoms with van der Waals surface area (Å²) < 4.78 is 31.0. The molecule has 0 fully saturated rings. The minimum atomic E-state index is -4.03. The van der Waals surface area contributed by atoms with Crippen LogP contribution in [0.5, 0.6) is 5.75 Å². The standard InChI is InChI=1S/C24H27N3O5S2/c1-24(2,3)17-8-10-19(11-9-17)34(30,31)20-14-26-23(27-22(20)29)33-15-21(28)25-13-16-6-5-7-18(12-16)32-4/h5-12,14H,13,15H2,1-4H3,(H,25,28)(H,26,27,29). The first-order chi connectivity index (χ1) is 16.0. The Hall–Kier alpha value is -3.11. The molecule has 3 aromatic rings. The van der Waals surface area contributed by atoms with Crippen molar-refractivity contribution in [1.29, 1.82) is 0 Å². The van der Waals surface area contributed by atoms with Gasteiger partial charge in [0.15, 0.2) is 10.1 Å². The number of methoxy groups -OCH3 is 1. The van der Waals surface area contributed by atoms with Crippen LogP contribution in [0.2, 0.25) is 0 Å². The molecule has 1 aromatic heterocycles. The second-order valence-electron chi connectivity index (χ2n) is 8.58. The molecule has 2 aromatic carbocycles. The van der Waals surface area contributed by atoms with E-state index >= 15 is 0 Å². The lowest BCUT2D eigenvalue weighted by Crippen LogP contribution is -2.25. The van der Waals surface area contributed by atoms with E-state index in [2.05, 4.69) is 15.3 Å². The van der Waals surface area contributed by atoms with Crippen molar-refractivity contribution in [2.45, 2.75) is 47.7 Å². The Morgan fingerprint density at radius 3 is 2.47 bits per heavy atom. The molecule has 0 atom stereocenters. The smallest absolute Gasteiger partial charge is 0.270 e. The molecule has 0 radical (unpaired) electrons. The summed E-state index contributed by atoms with van der Waals surface area (Å²) in [5, 5.41) is 2.93. The third-order valence-corrected chi connectivity index (χ3v) is 7.68. The van der Waals surface area contributed by atoms with Gasteiger partial charge in [0.2, 0.25) is 15.7 Å². The van der Waals surface area contributed by atoms with Crippen LogP contribution in [0.25, 0.3) is 0 Å². The summed E-state index contributed by atoms with van der Waals surface area (Å²) in [4.78, 5) is 30.7. The van der Waals surface area contributed by atoms with Crippen molar-refractivity contribution < 1.29 is 17.9 Å². The third-order valence-electron chi connectivity index (χ3n) is 5.03. The largest absolute Gasteiger partial charge is 0.497 e. The average Bonchev–Trinajstić information content (AvgIpc) is 2.81. The van der Waals surface area contributed by atoms with Gasteiger partial charge in [-0.15, -0.1) is 0 Å². The van der Waals surface area contributed by atoms with Crippen molar-refractivity contribution in [3.63, 3.8) is 0 Å². The zero-order valence-electron chi connectivity index (χ0n) is 19.4. The highest BCUT2D eigenvalue weighted by Gasteiger charge is 2.23. The van der Waals surface area contributed by atoms with Crippen LogP contribution in [0, 0.1) is 0 Å². The average molecular weight is 502 g/mol. The first-order valence-corrected chi connectivity index (χ1v) is 12.9. The number of aromatic nitrogens is 2. The molecule has 0 unspecified atom stereocenters. The fourth-order valence-corrected chi connectivity index (χ4v) is 4.96. The zero-order valence-corrected chi connectivity index (χ0v) is 21.0. The fourth-order valence-electron chi connectivity index (χ4n) is 3.06. The highest BCUT2D eigenvalue weighted by atomic mass is 32.2. The van der Waals surface area contributed by atoms with Gasteiger partial charge in [0.05, 0.1) is 24.0 Å². The molecule has 8 nitrogen and oxygen atoms in total. The number of sulfone groups is 1. The molecule has 0 saturated carbocycles. The molecule has 34 heavy (non-hydrogen) atoms. The van der Waals surface area contributed by atoms with E-state index in [1.165, 1.54) is 12.1 Å². The first kappa shape index (κ1) is 25.5. The van der Waals surface area contributed by atoms with Crippen molar-refractivity contribution in [2.75, 3.05) is 12.9 Å². The van der Waals surface area contributed by atoms with Gasteiger partial charge in [0.1, 0.15) is 5.75 Å². The Labute approximate surface area is 203 Å². The minimum Gasteiger partial charge on any atom is -0.497 e. The van der Waals surface area contributed by atoms with Crippen molar-refractivity contribution >= 4 is 27.5 Å². The van der Waals surface area contributed by atoms with Gasteiger partial charge in [0, 0.05) is 6.54 Å². The minimum absolute atomic E-state index is 0.00721. The summed E-state index contributed by atoms with van der Waals surface area (Å²) in [5.41, 5.74) is 0.957. The second kappa shape index (κ2) is 10.4.